The highest BCUT2D eigenvalue weighted by Gasteiger charge is 2.16. The van der Waals surface area contributed by atoms with Gasteiger partial charge in [-0.15, -0.1) is 0 Å². The molecule has 132 valence electrons. The molecule has 5 nitrogen and oxygen atoms in total. The molecule has 0 radical (unpaired) electrons. The molecule has 0 heterocycles. The smallest absolute Gasteiger partial charge is 0.335 e. The van der Waals surface area contributed by atoms with Crippen LogP contribution in [-0.4, -0.2) is 35.2 Å². The van der Waals surface area contributed by atoms with Crippen molar-refractivity contribution in [3.05, 3.63) is 70.3 Å². The first-order valence-electron chi connectivity index (χ1n) is 8.06. The van der Waals surface area contributed by atoms with Crippen molar-refractivity contribution >= 4 is 18.2 Å². The average molecular weight is 341 g/mol. The molecule has 25 heavy (non-hydrogen) atoms. The minimum absolute atomic E-state index is 0.219. The minimum atomic E-state index is -0.996. The number of aryl methyl sites for hydroxylation is 1. The molecule has 0 bridgehead atoms. The number of benzene rings is 2. The zero-order valence-corrected chi connectivity index (χ0v) is 14.9. The van der Waals surface area contributed by atoms with Gasteiger partial charge < -0.3 is 10.0 Å². The monoisotopic (exact) mass is 341 g/mol. The number of amides is 1. The van der Waals surface area contributed by atoms with Gasteiger partial charge in [-0.1, -0.05) is 44.2 Å². The van der Waals surface area contributed by atoms with Gasteiger partial charge in [-0.2, -0.15) is 0 Å². The van der Waals surface area contributed by atoms with E-state index in [0.717, 1.165) is 0 Å². The van der Waals surface area contributed by atoms with E-state index in [2.05, 4.69) is 0 Å². The van der Waals surface area contributed by atoms with E-state index in [1.54, 1.807) is 56.4 Å². The molecule has 0 saturated carbocycles. The minimum Gasteiger partial charge on any atom is -0.478 e. The molecule has 0 fully saturated rings. The fourth-order valence-electron chi connectivity index (χ4n) is 2.34. The Bertz CT molecular complexity index is 768. The number of carboxylic acids is 1. The second-order valence-corrected chi connectivity index (χ2v) is 5.32. The summed E-state index contributed by atoms with van der Waals surface area (Å²) in [5.74, 6) is -1.28. The first-order valence-corrected chi connectivity index (χ1v) is 8.06. The summed E-state index contributed by atoms with van der Waals surface area (Å²) in [7, 11) is 1.62. The van der Waals surface area contributed by atoms with Crippen molar-refractivity contribution in [2.24, 2.45) is 0 Å². The summed E-state index contributed by atoms with van der Waals surface area (Å²) < 4.78 is 0. The number of carbonyl (C=O) groups excluding carboxylic acids is 2. The van der Waals surface area contributed by atoms with E-state index < -0.39 is 5.97 Å². The molecule has 0 atom stereocenters. The summed E-state index contributed by atoms with van der Waals surface area (Å²) in [6.07, 6.45) is 0.648. The average Bonchev–Trinajstić information content (AvgIpc) is 2.64. The molecule has 1 amide bonds. The topological polar surface area (TPSA) is 74.7 Å². The largest absolute Gasteiger partial charge is 0.478 e. The van der Waals surface area contributed by atoms with Gasteiger partial charge in [0.05, 0.1) is 11.1 Å². The lowest BCUT2D eigenvalue weighted by Crippen LogP contribution is -2.27. The zero-order chi connectivity index (χ0) is 19.0. The van der Waals surface area contributed by atoms with Gasteiger partial charge in [-0.3, -0.25) is 9.59 Å². The van der Waals surface area contributed by atoms with E-state index in [1.165, 1.54) is 4.90 Å². The van der Waals surface area contributed by atoms with Crippen molar-refractivity contribution in [3.8, 4) is 0 Å². The van der Waals surface area contributed by atoms with Crippen molar-refractivity contribution in [1.29, 1.82) is 0 Å². The second-order valence-electron chi connectivity index (χ2n) is 5.32. The Morgan fingerprint density at radius 2 is 1.72 bits per heavy atom. The molecule has 1 N–H and O–H groups in total. The molecule has 2 aromatic carbocycles. The van der Waals surface area contributed by atoms with Crippen LogP contribution in [0.2, 0.25) is 0 Å². The number of aldehydes is 1. The third-order valence-electron chi connectivity index (χ3n) is 3.62. The number of nitrogens with zero attached hydrogens (tertiary/aromatic N) is 1. The predicted molar refractivity (Wildman–Crippen MR) is 97.1 cm³/mol. The van der Waals surface area contributed by atoms with E-state index in [1.807, 2.05) is 13.8 Å². The maximum Gasteiger partial charge on any atom is 0.335 e. The van der Waals surface area contributed by atoms with Gasteiger partial charge in [0, 0.05) is 19.2 Å². The van der Waals surface area contributed by atoms with E-state index >= 15 is 0 Å². The first kappa shape index (κ1) is 20.1. The standard InChI is InChI=1S/C18H17NO4.C2H6/c1-12-7-8-13(9-16(12)18(22)23)10-19(2)17(21)15-6-4-3-5-14(15)11-20;1-2/h3-9,11H,10H2,1-2H3,(H,22,23);1-2H3. The van der Waals surface area contributed by atoms with Crippen molar-refractivity contribution < 1.29 is 19.5 Å². The van der Waals surface area contributed by atoms with Gasteiger partial charge in [-0.25, -0.2) is 4.79 Å². The number of carboxylic acid groups (broad SMARTS) is 1. The molecule has 0 spiro atoms. The van der Waals surface area contributed by atoms with E-state index in [9.17, 15) is 14.4 Å². The van der Waals surface area contributed by atoms with Gasteiger partial charge in [0.1, 0.15) is 0 Å². The highest BCUT2D eigenvalue weighted by molar-refractivity contribution is 6.01. The van der Waals surface area contributed by atoms with Crippen LogP contribution in [0.15, 0.2) is 42.5 Å². The number of carbonyl (C=O) groups is 3. The fourth-order valence-corrected chi connectivity index (χ4v) is 2.34. The predicted octanol–water partition coefficient (Wildman–Crippen LogP) is 3.80. The quantitative estimate of drug-likeness (QED) is 0.839. The van der Waals surface area contributed by atoms with E-state index in [0.29, 0.717) is 28.5 Å². The number of rotatable bonds is 5. The maximum atomic E-state index is 12.5. The third kappa shape index (κ3) is 5.01. The highest BCUT2D eigenvalue weighted by atomic mass is 16.4. The van der Waals surface area contributed by atoms with Crippen LogP contribution < -0.4 is 0 Å². The molecule has 0 unspecified atom stereocenters. The summed E-state index contributed by atoms with van der Waals surface area (Å²) in [5, 5.41) is 9.16. The van der Waals surface area contributed by atoms with Crippen LogP contribution in [0.5, 0.6) is 0 Å². The number of aromatic carboxylic acids is 1. The lowest BCUT2D eigenvalue weighted by atomic mass is 10.0. The fraction of sp³-hybridized carbons (Fsp3) is 0.250. The molecule has 5 heteroatoms. The molecular weight excluding hydrogens is 318 g/mol. The normalized spacial score (nSPS) is 9.60. The van der Waals surface area contributed by atoms with E-state index in [-0.39, 0.29) is 18.0 Å². The number of hydrogen-bond donors (Lipinski definition) is 1. The molecule has 2 rings (SSSR count). The Morgan fingerprint density at radius 1 is 1.08 bits per heavy atom. The van der Waals surface area contributed by atoms with Gasteiger partial charge in [-0.05, 0) is 30.2 Å². The Labute approximate surface area is 147 Å². The van der Waals surface area contributed by atoms with Crippen molar-refractivity contribution in [1.82, 2.24) is 4.90 Å². The SMILES string of the molecule is CC.Cc1ccc(CN(C)C(=O)c2ccccc2C=O)cc1C(=O)O. The second kappa shape index (κ2) is 9.37. The van der Waals surface area contributed by atoms with Gasteiger partial charge in [0.25, 0.3) is 5.91 Å². The Morgan fingerprint density at radius 3 is 2.32 bits per heavy atom. The third-order valence-corrected chi connectivity index (χ3v) is 3.62. The first-order chi connectivity index (χ1) is 11.9. The molecule has 2 aromatic rings. The molecule has 0 aromatic heterocycles. The van der Waals surface area contributed by atoms with Crippen LogP contribution in [0.25, 0.3) is 0 Å². The molecular formula is C20H23NO4. The van der Waals surface area contributed by atoms with Crippen LogP contribution in [0.4, 0.5) is 0 Å². The summed E-state index contributed by atoms with van der Waals surface area (Å²) in [6.45, 7) is 5.98. The van der Waals surface area contributed by atoms with Crippen LogP contribution >= 0.6 is 0 Å². The molecule has 0 saturated heterocycles. The van der Waals surface area contributed by atoms with Crippen molar-refractivity contribution in [3.63, 3.8) is 0 Å². The Balaban J connectivity index is 0.00000151. The van der Waals surface area contributed by atoms with Crippen LogP contribution in [0.3, 0.4) is 0 Å². The Kier molecular flexibility index (Phi) is 7.53. The lowest BCUT2D eigenvalue weighted by Gasteiger charge is -2.18. The molecule has 0 aliphatic heterocycles. The summed E-state index contributed by atoms with van der Waals surface area (Å²) in [5.41, 5.74) is 2.26. The van der Waals surface area contributed by atoms with Gasteiger partial charge in [0.15, 0.2) is 6.29 Å². The van der Waals surface area contributed by atoms with Crippen molar-refractivity contribution in [2.45, 2.75) is 27.3 Å². The Hall–Kier alpha value is -2.95. The van der Waals surface area contributed by atoms with E-state index in [4.69, 9.17) is 5.11 Å². The maximum absolute atomic E-state index is 12.5. The van der Waals surface area contributed by atoms with Crippen LogP contribution in [0, 0.1) is 6.92 Å². The van der Waals surface area contributed by atoms with Crippen LogP contribution in [-0.2, 0) is 6.54 Å². The number of hydrogen-bond acceptors (Lipinski definition) is 3. The zero-order valence-electron chi connectivity index (χ0n) is 14.9. The summed E-state index contributed by atoms with van der Waals surface area (Å²) in [6, 6.07) is 11.6. The summed E-state index contributed by atoms with van der Waals surface area (Å²) in [4.78, 5) is 36.1. The van der Waals surface area contributed by atoms with Crippen molar-refractivity contribution in [2.75, 3.05) is 7.05 Å². The summed E-state index contributed by atoms with van der Waals surface area (Å²) >= 11 is 0. The van der Waals surface area contributed by atoms with Gasteiger partial charge >= 0.3 is 5.97 Å². The highest BCUT2D eigenvalue weighted by Crippen LogP contribution is 2.15. The molecule has 0 aliphatic rings. The van der Waals surface area contributed by atoms with Gasteiger partial charge in [0.2, 0.25) is 0 Å². The molecule has 0 aliphatic carbocycles. The van der Waals surface area contributed by atoms with Crippen LogP contribution in [0.1, 0.15) is 56.0 Å². The lowest BCUT2D eigenvalue weighted by molar-refractivity contribution is 0.0695.